The van der Waals surface area contributed by atoms with Crippen molar-refractivity contribution < 1.29 is 8.42 Å². The lowest BCUT2D eigenvalue weighted by atomic mass is 10.00. The summed E-state index contributed by atoms with van der Waals surface area (Å²) in [5, 5.41) is 0. The third-order valence-corrected chi connectivity index (χ3v) is 6.54. The first-order valence-corrected chi connectivity index (χ1v) is 10.6. The summed E-state index contributed by atoms with van der Waals surface area (Å²) < 4.78 is 28.3. The van der Waals surface area contributed by atoms with Crippen molar-refractivity contribution in [1.29, 1.82) is 0 Å². The Morgan fingerprint density at radius 3 is 2.42 bits per heavy atom. The van der Waals surface area contributed by atoms with Crippen LogP contribution in [-0.2, 0) is 10.0 Å². The van der Waals surface area contributed by atoms with E-state index in [1.165, 1.54) is 12.8 Å². The minimum atomic E-state index is -3.66. The number of nitrogens with one attached hydrogen (secondary N) is 1. The zero-order valence-electron chi connectivity index (χ0n) is 15.9. The summed E-state index contributed by atoms with van der Waals surface area (Å²) in [6, 6.07) is 7.45. The summed E-state index contributed by atoms with van der Waals surface area (Å²) in [6.45, 7) is 9.92. The fourth-order valence-corrected chi connectivity index (χ4v) is 5.30. The van der Waals surface area contributed by atoms with E-state index in [1.54, 1.807) is 12.3 Å². The van der Waals surface area contributed by atoms with Gasteiger partial charge in [0.05, 0.1) is 16.8 Å². The van der Waals surface area contributed by atoms with Gasteiger partial charge in [0, 0.05) is 13.1 Å². The van der Waals surface area contributed by atoms with Gasteiger partial charge in [-0.25, -0.2) is 13.4 Å². The first-order valence-electron chi connectivity index (χ1n) is 9.08. The van der Waals surface area contributed by atoms with Gasteiger partial charge in [-0.15, -0.1) is 0 Å². The Hall–Kier alpha value is -2.08. The van der Waals surface area contributed by atoms with Gasteiger partial charge in [0.25, 0.3) is 10.0 Å². The summed E-state index contributed by atoms with van der Waals surface area (Å²) in [5.41, 5.74) is 3.59. The second kappa shape index (κ2) is 7.27. The van der Waals surface area contributed by atoms with Crippen LogP contribution in [0.2, 0.25) is 0 Å². The molecule has 1 aliphatic heterocycles. The number of pyridine rings is 1. The molecule has 1 aliphatic rings. The summed E-state index contributed by atoms with van der Waals surface area (Å²) in [4.78, 5) is 6.98. The predicted octanol–water partition coefficient (Wildman–Crippen LogP) is 4.04. The number of benzene rings is 1. The molecule has 1 N–H and O–H groups in total. The zero-order chi connectivity index (χ0) is 18.9. The number of aryl methyl sites for hydroxylation is 3. The zero-order valence-corrected chi connectivity index (χ0v) is 16.7. The summed E-state index contributed by atoms with van der Waals surface area (Å²) in [7, 11) is -3.66. The second-order valence-corrected chi connectivity index (χ2v) is 9.05. The van der Waals surface area contributed by atoms with E-state index in [0.29, 0.717) is 16.6 Å². The van der Waals surface area contributed by atoms with Gasteiger partial charge in [0.15, 0.2) is 0 Å². The maximum atomic E-state index is 12.8. The molecular weight excluding hydrogens is 346 g/mol. The Bertz CT molecular complexity index is 869. The standard InChI is InChI=1S/C20H27N3O2S/c1-14-6-5-9-23(13-14)18-7-8-19(21-12-18)22-26(24,25)20-16(3)10-15(2)11-17(20)4/h7-8,10-12,14H,5-6,9,13H2,1-4H3,(H,21,22). The van der Waals surface area contributed by atoms with E-state index in [4.69, 9.17) is 0 Å². The van der Waals surface area contributed by atoms with Gasteiger partial charge in [0.1, 0.15) is 5.82 Å². The van der Waals surface area contributed by atoms with Gasteiger partial charge in [-0.1, -0.05) is 24.6 Å². The van der Waals surface area contributed by atoms with Crippen molar-refractivity contribution in [3.05, 3.63) is 47.2 Å². The van der Waals surface area contributed by atoms with E-state index in [0.717, 1.165) is 35.5 Å². The molecule has 2 aromatic rings. The van der Waals surface area contributed by atoms with Crippen molar-refractivity contribution in [2.75, 3.05) is 22.7 Å². The van der Waals surface area contributed by atoms with E-state index in [1.807, 2.05) is 39.0 Å². The van der Waals surface area contributed by atoms with E-state index in [2.05, 4.69) is 21.5 Å². The molecule has 1 fully saturated rings. The molecule has 0 radical (unpaired) electrons. The van der Waals surface area contributed by atoms with Crippen molar-refractivity contribution >= 4 is 21.5 Å². The topological polar surface area (TPSA) is 62.3 Å². The number of aromatic nitrogens is 1. The van der Waals surface area contributed by atoms with Gasteiger partial charge in [0.2, 0.25) is 0 Å². The molecule has 1 aromatic heterocycles. The molecule has 1 atom stereocenters. The number of piperidine rings is 1. The Morgan fingerprint density at radius 1 is 1.15 bits per heavy atom. The third-order valence-electron chi connectivity index (χ3n) is 4.88. The van der Waals surface area contributed by atoms with Gasteiger partial charge < -0.3 is 4.90 Å². The third kappa shape index (κ3) is 4.01. The van der Waals surface area contributed by atoms with Crippen LogP contribution in [0.5, 0.6) is 0 Å². The summed E-state index contributed by atoms with van der Waals surface area (Å²) in [5.74, 6) is 1.02. The average molecular weight is 374 g/mol. The normalized spacial score (nSPS) is 18.0. The van der Waals surface area contributed by atoms with Crippen LogP contribution in [-0.4, -0.2) is 26.5 Å². The average Bonchev–Trinajstić information content (AvgIpc) is 2.53. The number of nitrogens with zero attached hydrogens (tertiary/aromatic N) is 2. The fraction of sp³-hybridized carbons (Fsp3) is 0.450. The van der Waals surface area contributed by atoms with Crippen LogP contribution in [0.15, 0.2) is 35.4 Å². The summed E-state index contributed by atoms with van der Waals surface area (Å²) >= 11 is 0. The first kappa shape index (κ1) is 18.7. The van der Waals surface area contributed by atoms with Crippen LogP contribution in [0, 0.1) is 26.7 Å². The molecule has 2 heterocycles. The first-order chi connectivity index (χ1) is 12.3. The van der Waals surface area contributed by atoms with E-state index in [9.17, 15) is 8.42 Å². The molecule has 0 saturated carbocycles. The van der Waals surface area contributed by atoms with E-state index in [-0.39, 0.29) is 0 Å². The number of hydrogen-bond donors (Lipinski definition) is 1. The largest absolute Gasteiger partial charge is 0.370 e. The molecule has 1 aromatic carbocycles. The summed E-state index contributed by atoms with van der Waals surface area (Å²) in [6.07, 6.45) is 4.20. The molecule has 1 saturated heterocycles. The highest BCUT2D eigenvalue weighted by Gasteiger charge is 2.21. The number of hydrogen-bond acceptors (Lipinski definition) is 4. The maximum Gasteiger partial charge on any atom is 0.263 e. The number of sulfonamides is 1. The highest BCUT2D eigenvalue weighted by Crippen LogP contribution is 2.26. The SMILES string of the molecule is Cc1cc(C)c(S(=O)(=O)Nc2ccc(N3CCCC(C)C3)cn2)c(C)c1. The number of anilines is 2. The quantitative estimate of drug-likeness (QED) is 0.878. The van der Waals surface area contributed by atoms with Gasteiger partial charge in [-0.3, -0.25) is 4.72 Å². The Balaban J connectivity index is 1.80. The Kier molecular flexibility index (Phi) is 5.23. The monoisotopic (exact) mass is 373 g/mol. The molecular formula is C20H27N3O2S. The lowest BCUT2D eigenvalue weighted by Crippen LogP contribution is -2.34. The molecule has 26 heavy (non-hydrogen) atoms. The predicted molar refractivity (Wildman–Crippen MR) is 106 cm³/mol. The van der Waals surface area contributed by atoms with Gasteiger partial charge >= 0.3 is 0 Å². The molecule has 0 amide bonds. The second-order valence-electron chi connectivity index (χ2n) is 7.43. The fourth-order valence-electron chi connectivity index (χ4n) is 3.84. The lowest BCUT2D eigenvalue weighted by molar-refractivity contribution is 0.446. The van der Waals surface area contributed by atoms with E-state index >= 15 is 0 Å². The highest BCUT2D eigenvalue weighted by molar-refractivity contribution is 7.92. The molecule has 0 bridgehead atoms. The highest BCUT2D eigenvalue weighted by atomic mass is 32.2. The Morgan fingerprint density at radius 2 is 1.85 bits per heavy atom. The molecule has 0 aliphatic carbocycles. The van der Waals surface area contributed by atoms with Crippen LogP contribution in [0.3, 0.4) is 0 Å². The Labute approximate surface area is 156 Å². The molecule has 5 nitrogen and oxygen atoms in total. The van der Waals surface area contributed by atoms with Gasteiger partial charge in [-0.2, -0.15) is 0 Å². The van der Waals surface area contributed by atoms with Crippen LogP contribution in [0.25, 0.3) is 0 Å². The van der Waals surface area contributed by atoms with Crippen LogP contribution in [0.1, 0.15) is 36.5 Å². The van der Waals surface area contributed by atoms with Gasteiger partial charge in [-0.05, 0) is 62.8 Å². The lowest BCUT2D eigenvalue weighted by Gasteiger charge is -2.32. The minimum absolute atomic E-state index is 0.332. The van der Waals surface area contributed by atoms with Crippen LogP contribution in [0.4, 0.5) is 11.5 Å². The molecule has 1 unspecified atom stereocenters. The minimum Gasteiger partial charge on any atom is -0.370 e. The molecule has 0 spiro atoms. The maximum absolute atomic E-state index is 12.8. The van der Waals surface area contributed by atoms with Crippen molar-refractivity contribution in [2.24, 2.45) is 5.92 Å². The van der Waals surface area contributed by atoms with Crippen molar-refractivity contribution in [2.45, 2.75) is 45.4 Å². The molecule has 140 valence electrons. The van der Waals surface area contributed by atoms with E-state index < -0.39 is 10.0 Å². The van der Waals surface area contributed by atoms with Crippen molar-refractivity contribution in [3.8, 4) is 0 Å². The van der Waals surface area contributed by atoms with Crippen LogP contribution < -0.4 is 9.62 Å². The van der Waals surface area contributed by atoms with Crippen molar-refractivity contribution in [1.82, 2.24) is 4.98 Å². The van der Waals surface area contributed by atoms with Crippen LogP contribution >= 0.6 is 0 Å². The smallest absolute Gasteiger partial charge is 0.263 e. The number of rotatable bonds is 4. The van der Waals surface area contributed by atoms with Crippen molar-refractivity contribution in [3.63, 3.8) is 0 Å². The molecule has 6 heteroatoms. The molecule has 3 rings (SSSR count).